The molecule has 0 saturated heterocycles. The van der Waals surface area contributed by atoms with Gasteiger partial charge in [-0.05, 0) is 65.7 Å². The lowest BCUT2D eigenvalue weighted by atomic mass is 10.1. The first-order valence-corrected chi connectivity index (χ1v) is 14.1. The number of anilines is 2. The minimum absolute atomic E-state index is 0.181. The highest BCUT2D eigenvalue weighted by Crippen LogP contribution is 2.36. The van der Waals surface area contributed by atoms with Gasteiger partial charge >= 0.3 is 6.09 Å². The number of nitrogens with zero attached hydrogens (tertiary/aromatic N) is 5. The van der Waals surface area contributed by atoms with E-state index in [0.717, 1.165) is 12.8 Å². The highest BCUT2D eigenvalue weighted by Gasteiger charge is 2.23. The van der Waals surface area contributed by atoms with Crippen molar-refractivity contribution in [3.05, 3.63) is 70.4 Å². The van der Waals surface area contributed by atoms with Crippen molar-refractivity contribution in [2.45, 2.75) is 38.1 Å². The normalized spacial score (nSPS) is 15.4. The van der Waals surface area contributed by atoms with E-state index < -0.39 is 12.1 Å². The second-order valence-electron chi connectivity index (χ2n) is 9.66. The lowest BCUT2D eigenvalue weighted by Crippen LogP contribution is -2.27. The third-order valence-corrected chi connectivity index (χ3v) is 7.21. The van der Waals surface area contributed by atoms with Crippen molar-refractivity contribution in [1.29, 1.82) is 0 Å². The summed E-state index contributed by atoms with van der Waals surface area (Å²) in [4.78, 5) is 45.4. The highest BCUT2D eigenvalue weighted by atomic mass is 35.5. The molecule has 2 aromatic carbocycles. The summed E-state index contributed by atoms with van der Waals surface area (Å²) in [6, 6.07) is 9.62. The monoisotopic (exact) mass is 623 g/mol. The van der Waals surface area contributed by atoms with Crippen LogP contribution in [0.1, 0.15) is 49.5 Å². The number of rotatable bonds is 5. The number of aromatic amines is 1. The molecule has 43 heavy (non-hydrogen) atoms. The Morgan fingerprint density at radius 1 is 1.14 bits per heavy atom. The Morgan fingerprint density at radius 3 is 2.79 bits per heavy atom. The standard InChI is InChI=1S/C28H27Cl2N9O4/c1-43-28(42)32-18-9-10-19-21(14-18)34-23(40)6-4-2-3-5-20(27-35-25(19)26(30)36-27)33-24(41)12-7-16-13-17(29)8-11-22(16)39-15-31-37-38-39/h7-15,20H,2-6H2,1H3,(H,32,42)(H,33,41)(H,34,40)(H,35,36). The number of imidazole rings is 1. The molecule has 1 aliphatic rings. The van der Waals surface area contributed by atoms with Gasteiger partial charge in [0.25, 0.3) is 0 Å². The number of hydrogen-bond donors (Lipinski definition) is 4. The summed E-state index contributed by atoms with van der Waals surface area (Å²) in [6.07, 6.45) is 6.84. The fraction of sp³-hybridized carbons (Fsp3) is 0.250. The van der Waals surface area contributed by atoms with Gasteiger partial charge in [0.15, 0.2) is 0 Å². The van der Waals surface area contributed by atoms with Gasteiger partial charge in [-0.15, -0.1) is 5.10 Å². The molecule has 3 amide bonds. The van der Waals surface area contributed by atoms with E-state index in [9.17, 15) is 14.4 Å². The quantitative estimate of drug-likeness (QED) is 0.217. The molecule has 13 nitrogen and oxygen atoms in total. The summed E-state index contributed by atoms with van der Waals surface area (Å²) in [5, 5.41) is 20.5. The maximum atomic E-state index is 13.1. The molecule has 0 saturated carbocycles. The number of fused-ring (bicyclic) bond motifs is 4. The van der Waals surface area contributed by atoms with Gasteiger partial charge in [0, 0.05) is 34.3 Å². The number of H-pyrrole nitrogens is 1. The van der Waals surface area contributed by atoms with E-state index >= 15 is 0 Å². The molecule has 0 fully saturated rings. The maximum Gasteiger partial charge on any atom is 0.411 e. The van der Waals surface area contributed by atoms with E-state index in [1.807, 2.05) is 0 Å². The van der Waals surface area contributed by atoms with Gasteiger partial charge in [-0.2, -0.15) is 4.68 Å². The van der Waals surface area contributed by atoms with Gasteiger partial charge in [-0.3, -0.25) is 14.9 Å². The van der Waals surface area contributed by atoms with Crippen molar-refractivity contribution in [2.24, 2.45) is 0 Å². The Hall–Kier alpha value is -4.75. The SMILES string of the molecule is COC(=O)Nc1ccc2c(c1)NC(=O)CCCCCC(NC(=O)C=Cc1cc(Cl)ccc1-n1cnnn1)c1nc-2c(Cl)[nH]1. The second kappa shape index (κ2) is 13.5. The zero-order valence-electron chi connectivity index (χ0n) is 22.9. The Labute approximate surface area is 256 Å². The molecular formula is C28H27Cl2N9O4. The molecule has 2 bridgehead atoms. The van der Waals surface area contributed by atoms with Gasteiger partial charge in [-0.1, -0.05) is 36.0 Å². The Balaban J connectivity index is 1.42. The van der Waals surface area contributed by atoms with Crippen molar-refractivity contribution >= 4 is 58.6 Å². The molecule has 3 heterocycles. The highest BCUT2D eigenvalue weighted by molar-refractivity contribution is 6.32. The van der Waals surface area contributed by atoms with E-state index in [1.54, 1.807) is 42.5 Å². The molecule has 0 radical (unpaired) electrons. The van der Waals surface area contributed by atoms with Gasteiger partial charge in [0.05, 0.1) is 24.5 Å². The fourth-order valence-electron chi connectivity index (χ4n) is 4.64. The van der Waals surface area contributed by atoms with Crippen molar-refractivity contribution in [2.75, 3.05) is 17.7 Å². The van der Waals surface area contributed by atoms with E-state index in [4.69, 9.17) is 28.2 Å². The summed E-state index contributed by atoms with van der Waals surface area (Å²) in [5.41, 5.74) is 3.05. The number of methoxy groups -OCH3 is 1. The molecular weight excluding hydrogens is 597 g/mol. The Bertz CT molecular complexity index is 1670. The fourth-order valence-corrected chi connectivity index (χ4v) is 5.06. The van der Waals surface area contributed by atoms with Crippen LogP contribution in [0.4, 0.5) is 16.2 Å². The topological polar surface area (TPSA) is 169 Å². The summed E-state index contributed by atoms with van der Waals surface area (Å²) in [7, 11) is 1.26. The third kappa shape index (κ3) is 7.37. The van der Waals surface area contributed by atoms with Gasteiger partial charge in [0.2, 0.25) is 11.8 Å². The average molecular weight is 624 g/mol. The molecule has 15 heteroatoms. The molecule has 1 unspecified atom stereocenters. The molecule has 0 spiro atoms. The number of ether oxygens (including phenoxy) is 1. The van der Waals surface area contributed by atoms with Crippen molar-refractivity contribution in [1.82, 2.24) is 35.5 Å². The number of tetrazole rings is 1. The average Bonchev–Trinajstić information content (AvgIpc) is 3.65. The summed E-state index contributed by atoms with van der Waals surface area (Å²) < 4.78 is 6.14. The third-order valence-electron chi connectivity index (χ3n) is 6.70. The molecule has 0 aliphatic carbocycles. The molecule has 222 valence electrons. The van der Waals surface area contributed by atoms with Crippen LogP contribution in [0.5, 0.6) is 0 Å². The lowest BCUT2D eigenvalue weighted by molar-refractivity contribution is -0.117. The number of benzene rings is 2. The molecule has 1 atom stereocenters. The van der Waals surface area contributed by atoms with Crippen LogP contribution in [0.3, 0.4) is 0 Å². The molecule has 2 aromatic heterocycles. The van der Waals surface area contributed by atoms with Crippen molar-refractivity contribution in [3.8, 4) is 16.9 Å². The number of aromatic nitrogens is 6. The van der Waals surface area contributed by atoms with Crippen LogP contribution in [0.15, 0.2) is 48.8 Å². The van der Waals surface area contributed by atoms with Crippen LogP contribution in [0, 0.1) is 0 Å². The van der Waals surface area contributed by atoms with E-state index in [2.05, 4.69) is 41.2 Å². The van der Waals surface area contributed by atoms with E-state index in [-0.39, 0.29) is 17.0 Å². The van der Waals surface area contributed by atoms with Crippen LogP contribution in [0.2, 0.25) is 10.2 Å². The first-order chi connectivity index (χ1) is 20.8. The van der Waals surface area contributed by atoms with Crippen molar-refractivity contribution in [3.63, 3.8) is 0 Å². The van der Waals surface area contributed by atoms with Gasteiger partial charge < -0.3 is 20.4 Å². The first kappa shape index (κ1) is 29.7. The van der Waals surface area contributed by atoms with Crippen LogP contribution >= 0.6 is 23.2 Å². The zero-order valence-corrected chi connectivity index (χ0v) is 24.4. The zero-order chi connectivity index (χ0) is 30.3. The van der Waals surface area contributed by atoms with Crippen LogP contribution in [-0.4, -0.2) is 55.2 Å². The number of carbonyl (C=O) groups is 3. The molecule has 4 aromatic rings. The largest absolute Gasteiger partial charge is 0.453 e. The number of halogens is 2. The lowest BCUT2D eigenvalue weighted by Gasteiger charge is -2.16. The maximum absolute atomic E-state index is 13.1. The number of nitrogens with one attached hydrogen (secondary N) is 4. The number of amides is 3. The van der Waals surface area contributed by atoms with Crippen LogP contribution in [0.25, 0.3) is 23.0 Å². The first-order valence-electron chi connectivity index (χ1n) is 13.4. The Morgan fingerprint density at radius 2 is 2.00 bits per heavy atom. The minimum Gasteiger partial charge on any atom is -0.453 e. The number of carbonyl (C=O) groups excluding carboxylic acids is 3. The second-order valence-corrected chi connectivity index (χ2v) is 10.5. The summed E-state index contributed by atoms with van der Waals surface area (Å²) >= 11 is 12.8. The van der Waals surface area contributed by atoms with Crippen LogP contribution < -0.4 is 16.0 Å². The smallest absolute Gasteiger partial charge is 0.411 e. The van der Waals surface area contributed by atoms with Crippen LogP contribution in [-0.2, 0) is 14.3 Å². The van der Waals surface area contributed by atoms with Gasteiger partial charge in [0.1, 0.15) is 23.0 Å². The predicted molar refractivity (Wildman–Crippen MR) is 161 cm³/mol. The molecule has 1 aliphatic heterocycles. The van der Waals surface area contributed by atoms with E-state index in [0.29, 0.717) is 64.0 Å². The number of hydrogen-bond acceptors (Lipinski definition) is 8. The minimum atomic E-state index is -0.648. The van der Waals surface area contributed by atoms with Gasteiger partial charge in [-0.25, -0.2) is 9.78 Å². The summed E-state index contributed by atoms with van der Waals surface area (Å²) in [6.45, 7) is 0. The molecule has 5 rings (SSSR count). The summed E-state index contributed by atoms with van der Waals surface area (Å²) in [5.74, 6) is -0.0754. The Kier molecular flexibility index (Phi) is 9.32. The predicted octanol–water partition coefficient (Wildman–Crippen LogP) is 5.31. The molecule has 4 N–H and O–H groups in total. The van der Waals surface area contributed by atoms with Crippen molar-refractivity contribution < 1.29 is 19.1 Å². The van der Waals surface area contributed by atoms with E-state index in [1.165, 1.54) is 24.2 Å².